The maximum atomic E-state index is 12.4. The number of nitrogens with one attached hydrogen (secondary N) is 3. The number of rotatable bonds is 5. The Morgan fingerprint density at radius 3 is 2.81 bits per heavy atom. The highest BCUT2D eigenvalue weighted by molar-refractivity contribution is 8.00. The Kier molecular flexibility index (Phi) is 5.19. The average Bonchev–Trinajstić information content (AvgIpc) is 2.58. The molecule has 9 heteroatoms. The molecule has 2 aromatic carbocycles. The van der Waals surface area contributed by atoms with Crippen molar-refractivity contribution in [2.45, 2.75) is 11.4 Å². The van der Waals surface area contributed by atoms with Gasteiger partial charge in [0.1, 0.15) is 0 Å². The molecular weight excluding hydrogens is 374 g/mol. The van der Waals surface area contributed by atoms with Crippen molar-refractivity contribution in [2.75, 3.05) is 22.0 Å². The highest BCUT2D eigenvalue weighted by Crippen LogP contribution is 2.31. The maximum Gasteiger partial charge on any atom is 0.251 e. The molecule has 3 rings (SSSR count). The van der Waals surface area contributed by atoms with Gasteiger partial charge >= 0.3 is 0 Å². The van der Waals surface area contributed by atoms with E-state index in [0.717, 1.165) is 16.7 Å². The molecule has 0 spiro atoms. The van der Waals surface area contributed by atoms with E-state index in [4.69, 9.17) is 0 Å². The number of fused-ring (bicyclic) bond motifs is 1. The smallest absolute Gasteiger partial charge is 0.251 e. The maximum absolute atomic E-state index is 12.4. The zero-order valence-electron chi connectivity index (χ0n) is 13.9. The topological polar surface area (TPSA) is 104 Å². The lowest BCUT2D eigenvalue weighted by Gasteiger charge is -2.17. The highest BCUT2D eigenvalue weighted by atomic mass is 32.2. The fraction of sp³-hybridized carbons (Fsp3) is 0.176. The van der Waals surface area contributed by atoms with Crippen LogP contribution in [0.3, 0.4) is 0 Å². The number of anilines is 2. The van der Waals surface area contributed by atoms with Gasteiger partial charge in [0.2, 0.25) is 15.9 Å². The molecule has 0 unspecified atom stereocenters. The van der Waals surface area contributed by atoms with Gasteiger partial charge in [-0.3, -0.25) is 14.3 Å². The van der Waals surface area contributed by atoms with Crippen molar-refractivity contribution in [1.82, 2.24) is 5.32 Å². The van der Waals surface area contributed by atoms with Crippen LogP contribution in [0, 0.1) is 0 Å². The molecule has 1 heterocycles. The van der Waals surface area contributed by atoms with Crippen molar-refractivity contribution in [3.63, 3.8) is 0 Å². The van der Waals surface area contributed by atoms with Crippen molar-refractivity contribution in [3.8, 4) is 0 Å². The predicted octanol–water partition coefficient (Wildman–Crippen LogP) is 2.03. The van der Waals surface area contributed by atoms with E-state index in [-0.39, 0.29) is 18.4 Å². The number of amides is 2. The first-order chi connectivity index (χ1) is 12.3. The molecule has 0 aromatic heterocycles. The van der Waals surface area contributed by atoms with Crippen molar-refractivity contribution >= 4 is 45.0 Å². The Bertz CT molecular complexity index is 974. The van der Waals surface area contributed by atoms with Gasteiger partial charge < -0.3 is 10.6 Å². The summed E-state index contributed by atoms with van der Waals surface area (Å²) in [6.07, 6.45) is 1.08. The molecule has 0 saturated carbocycles. The summed E-state index contributed by atoms with van der Waals surface area (Å²) in [4.78, 5) is 24.8. The molecule has 7 nitrogen and oxygen atoms in total. The second-order valence-electron chi connectivity index (χ2n) is 5.81. The van der Waals surface area contributed by atoms with E-state index in [9.17, 15) is 18.0 Å². The third kappa shape index (κ3) is 4.77. The van der Waals surface area contributed by atoms with E-state index in [1.54, 1.807) is 36.4 Å². The lowest BCUT2D eigenvalue weighted by molar-refractivity contribution is -0.113. The first kappa shape index (κ1) is 18.3. The van der Waals surface area contributed by atoms with Crippen LogP contribution in [0.25, 0.3) is 0 Å². The molecule has 0 bridgehead atoms. The van der Waals surface area contributed by atoms with E-state index in [1.165, 1.54) is 11.8 Å². The lowest BCUT2D eigenvalue weighted by Crippen LogP contribution is -2.24. The van der Waals surface area contributed by atoms with E-state index in [1.807, 2.05) is 6.07 Å². The van der Waals surface area contributed by atoms with Crippen LogP contribution in [0.15, 0.2) is 47.4 Å². The van der Waals surface area contributed by atoms with E-state index < -0.39 is 10.0 Å². The number of carbonyl (C=O) groups is 2. The molecule has 0 atom stereocenters. The van der Waals surface area contributed by atoms with E-state index in [0.29, 0.717) is 22.7 Å². The molecule has 3 N–H and O–H groups in total. The van der Waals surface area contributed by atoms with Crippen LogP contribution in [0.5, 0.6) is 0 Å². The monoisotopic (exact) mass is 391 g/mol. The Morgan fingerprint density at radius 1 is 1.23 bits per heavy atom. The van der Waals surface area contributed by atoms with Crippen LogP contribution >= 0.6 is 11.8 Å². The normalized spacial score (nSPS) is 13.5. The van der Waals surface area contributed by atoms with Gasteiger partial charge in [-0.15, -0.1) is 11.8 Å². The Morgan fingerprint density at radius 2 is 2.04 bits per heavy atom. The molecule has 2 aromatic rings. The quantitative estimate of drug-likeness (QED) is 0.723. The van der Waals surface area contributed by atoms with Gasteiger partial charge in [0.25, 0.3) is 5.91 Å². The molecule has 1 aliphatic rings. The highest BCUT2D eigenvalue weighted by Gasteiger charge is 2.17. The van der Waals surface area contributed by atoms with Crippen LogP contribution in [0.4, 0.5) is 11.4 Å². The molecule has 0 fully saturated rings. The zero-order chi connectivity index (χ0) is 18.7. The number of carbonyl (C=O) groups excluding carboxylic acids is 2. The minimum atomic E-state index is -3.36. The minimum Gasteiger partial charge on any atom is -0.348 e. The van der Waals surface area contributed by atoms with Crippen LogP contribution in [0.2, 0.25) is 0 Å². The summed E-state index contributed by atoms with van der Waals surface area (Å²) in [5.41, 5.74) is 2.27. The molecule has 0 radical (unpaired) electrons. The van der Waals surface area contributed by atoms with Gasteiger partial charge in [0.15, 0.2) is 0 Å². The standard InChI is InChI=1S/C17H17N3O4S2/c1-26(23,24)20-13-4-2-3-11(7-13)9-18-17(22)12-5-6-15-14(8-12)19-16(21)10-25-15/h2-8,20H,9-10H2,1H3,(H,18,22)(H,19,21). The second-order valence-corrected chi connectivity index (χ2v) is 8.57. The minimum absolute atomic E-state index is 0.0877. The van der Waals surface area contributed by atoms with Crippen LogP contribution in [0.1, 0.15) is 15.9 Å². The molecule has 2 amide bonds. The summed E-state index contributed by atoms with van der Waals surface area (Å²) in [5.74, 6) is 0.00508. The Balaban J connectivity index is 1.67. The summed E-state index contributed by atoms with van der Waals surface area (Å²) >= 11 is 1.43. The van der Waals surface area contributed by atoms with Crippen molar-refractivity contribution in [2.24, 2.45) is 0 Å². The second kappa shape index (κ2) is 7.38. The summed E-state index contributed by atoms with van der Waals surface area (Å²) in [6.45, 7) is 0.246. The first-order valence-electron chi connectivity index (χ1n) is 7.72. The molecule has 136 valence electrons. The average molecular weight is 391 g/mol. The fourth-order valence-electron chi connectivity index (χ4n) is 2.47. The number of thioether (sulfide) groups is 1. The van der Waals surface area contributed by atoms with E-state index in [2.05, 4.69) is 15.4 Å². The molecule has 0 saturated heterocycles. The summed E-state index contributed by atoms with van der Waals surface area (Å²) in [5, 5.41) is 5.54. The summed E-state index contributed by atoms with van der Waals surface area (Å²) in [6, 6.07) is 12.0. The van der Waals surface area contributed by atoms with Crippen LogP contribution in [-0.2, 0) is 21.4 Å². The largest absolute Gasteiger partial charge is 0.348 e. The molecular formula is C17H17N3O4S2. The van der Waals surface area contributed by atoms with Crippen LogP contribution < -0.4 is 15.4 Å². The Hall–Kier alpha value is -2.52. The van der Waals surface area contributed by atoms with Gasteiger partial charge in [-0.2, -0.15) is 0 Å². The van der Waals surface area contributed by atoms with Gasteiger partial charge in [0.05, 0.1) is 17.7 Å². The van der Waals surface area contributed by atoms with Gasteiger partial charge in [-0.05, 0) is 35.9 Å². The molecule has 26 heavy (non-hydrogen) atoms. The van der Waals surface area contributed by atoms with E-state index >= 15 is 0 Å². The number of hydrogen-bond donors (Lipinski definition) is 3. The van der Waals surface area contributed by atoms with Crippen molar-refractivity contribution in [1.29, 1.82) is 0 Å². The van der Waals surface area contributed by atoms with Crippen LogP contribution in [-0.4, -0.2) is 32.2 Å². The third-order valence-corrected chi connectivity index (χ3v) is 5.24. The number of hydrogen-bond acceptors (Lipinski definition) is 5. The van der Waals surface area contributed by atoms with Crippen molar-refractivity contribution < 1.29 is 18.0 Å². The van der Waals surface area contributed by atoms with Gasteiger partial charge in [0, 0.05) is 22.7 Å². The zero-order valence-corrected chi connectivity index (χ0v) is 15.5. The summed E-state index contributed by atoms with van der Waals surface area (Å²) in [7, 11) is -3.36. The van der Waals surface area contributed by atoms with Crippen molar-refractivity contribution in [3.05, 3.63) is 53.6 Å². The Labute approximate surface area is 155 Å². The number of benzene rings is 2. The molecule has 1 aliphatic heterocycles. The lowest BCUT2D eigenvalue weighted by atomic mass is 10.1. The first-order valence-corrected chi connectivity index (χ1v) is 10.6. The third-order valence-electron chi connectivity index (χ3n) is 3.56. The summed E-state index contributed by atoms with van der Waals surface area (Å²) < 4.78 is 25.0. The predicted molar refractivity (Wildman–Crippen MR) is 102 cm³/mol. The molecule has 0 aliphatic carbocycles. The fourth-order valence-corrected chi connectivity index (χ4v) is 3.81. The van der Waals surface area contributed by atoms with Gasteiger partial charge in [-0.1, -0.05) is 12.1 Å². The SMILES string of the molecule is CS(=O)(=O)Nc1cccc(CNC(=O)c2ccc3c(c2)NC(=O)CS3)c1. The number of sulfonamides is 1. The van der Waals surface area contributed by atoms with Gasteiger partial charge in [-0.25, -0.2) is 8.42 Å².